The van der Waals surface area contributed by atoms with Gasteiger partial charge in [-0.2, -0.15) is 0 Å². The standard InChI is InChI=1S/C8H15NO/c1-5-6(2)8(9-4)7(3)10/h6,8H,4-5H2,1-3H3/t6-,8?/m0/s1. The lowest BCUT2D eigenvalue weighted by atomic mass is 9.97. The molecule has 0 amide bonds. The molecule has 0 radical (unpaired) electrons. The lowest BCUT2D eigenvalue weighted by Gasteiger charge is -2.14. The van der Waals surface area contributed by atoms with E-state index < -0.39 is 0 Å². The average molecular weight is 141 g/mol. The smallest absolute Gasteiger partial charge is 0.154 e. The molecule has 0 saturated heterocycles. The normalized spacial score (nSPS) is 15.9. The Hall–Kier alpha value is -0.660. The third-order valence-electron chi connectivity index (χ3n) is 1.80. The third kappa shape index (κ3) is 2.29. The number of rotatable bonds is 4. The zero-order chi connectivity index (χ0) is 8.15. The molecule has 0 rings (SSSR count). The van der Waals surface area contributed by atoms with Crippen LogP contribution in [0.4, 0.5) is 0 Å². The van der Waals surface area contributed by atoms with Gasteiger partial charge in [-0.25, -0.2) is 0 Å². The average Bonchev–Trinajstić information content (AvgIpc) is 1.88. The highest BCUT2D eigenvalue weighted by atomic mass is 16.1. The second kappa shape index (κ2) is 4.20. The molecule has 2 nitrogen and oxygen atoms in total. The fourth-order valence-electron chi connectivity index (χ4n) is 0.932. The predicted molar refractivity (Wildman–Crippen MR) is 43.5 cm³/mol. The molecule has 0 bridgehead atoms. The van der Waals surface area contributed by atoms with Crippen LogP contribution in [-0.2, 0) is 4.79 Å². The monoisotopic (exact) mass is 141 g/mol. The molecule has 0 spiro atoms. The van der Waals surface area contributed by atoms with Crippen molar-refractivity contribution in [2.45, 2.75) is 33.2 Å². The van der Waals surface area contributed by atoms with E-state index in [1.165, 1.54) is 0 Å². The summed E-state index contributed by atoms with van der Waals surface area (Å²) in [5.41, 5.74) is 0. The van der Waals surface area contributed by atoms with E-state index in [1.807, 2.05) is 13.8 Å². The minimum Gasteiger partial charge on any atom is -0.298 e. The summed E-state index contributed by atoms with van der Waals surface area (Å²) in [7, 11) is 0. The number of nitrogens with zero attached hydrogens (tertiary/aromatic N) is 1. The van der Waals surface area contributed by atoms with E-state index in [-0.39, 0.29) is 11.8 Å². The van der Waals surface area contributed by atoms with E-state index in [0.717, 1.165) is 6.42 Å². The summed E-state index contributed by atoms with van der Waals surface area (Å²) in [5.74, 6) is 0.444. The summed E-state index contributed by atoms with van der Waals surface area (Å²) >= 11 is 0. The largest absolute Gasteiger partial charge is 0.298 e. The van der Waals surface area contributed by atoms with Crippen molar-refractivity contribution in [3.8, 4) is 0 Å². The van der Waals surface area contributed by atoms with Gasteiger partial charge >= 0.3 is 0 Å². The first-order valence-corrected chi connectivity index (χ1v) is 3.59. The van der Waals surface area contributed by atoms with Crippen molar-refractivity contribution in [2.75, 3.05) is 0 Å². The van der Waals surface area contributed by atoms with Crippen molar-refractivity contribution in [1.29, 1.82) is 0 Å². The van der Waals surface area contributed by atoms with E-state index in [0.29, 0.717) is 5.92 Å². The molecule has 0 aromatic heterocycles. The van der Waals surface area contributed by atoms with E-state index in [1.54, 1.807) is 6.92 Å². The van der Waals surface area contributed by atoms with Crippen molar-refractivity contribution < 1.29 is 4.79 Å². The molecular formula is C8H15NO. The summed E-state index contributed by atoms with van der Waals surface area (Å²) in [4.78, 5) is 14.6. The van der Waals surface area contributed by atoms with Gasteiger partial charge in [-0.05, 0) is 19.6 Å². The number of carbonyl (C=O) groups excluding carboxylic acids is 1. The van der Waals surface area contributed by atoms with Gasteiger partial charge < -0.3 is 0 Å². The SMILES string of the molecule is C=NC(C(C)=O)[C@@H](C)CC. The van der Waals surface area contributed by atoms with Crippen molar-refractivity contribution in [2.24, 2.45) is 10.9 Å². The molecule has 2 heteroatoms. The minimum absolute atomic E-state index is 0.115. The van der Waals surface area contributed by atoms with Crippen LogP contribution in [0, 0.1) is 5.92 Å². The Kier molecular flexibility index (Phi) is 3.93. The first-order chi connectivity index (χ1) is 4.63. The van der Waals surface area contributed by atoms with E-state index in [9.17, 15) is 4.79 Å². The highest BCUT2D eigenvalue weighted by molar-refractivity contribution is 5.82. The maximum absolute atomic E-state index is 10.8. The van der Waals surface area contributed by atoms with Gasteiger partial charge in [0.2, 0.25) is 0 Å². The van der Waals surface area contributed by atoms with Crippen LogP contribution in [0.1, 0.15) is 27.2 Å². The molecule has 0 aliphatic rings. The predicted octanol–water partition coefficient (Wildman–Crippen LogP) is 1.69. The number of aliphatic imine (C=N–C) groups is 1. The van der Waals surface area contributed by atoms with Gasteiger partial charge in [-0.1, -0.05) is 20.3 Å². The van der Waals surface area contributed by atoms with E-state index >= 15 is 0 Å². The fraction of sp³-hybridized carbons (Fsp3) is 0.750. The zero-order valence-corrected chi connectivity index (χ0v) is 6.92. The Morgan fingerprint density at radius 3 is 2.30 bits per heavy atom. The van der Waals surface area contributed by atoms with Crippen molar-refractivity contribution >= 4 is 12.5 Å². The molecule has 0 aliphatic carbocycles. The molecule has 2 atom stereocenters. The van der Waals surface area contributed by atoms with Crippen LogP contribution < -0.4 is 0 Å². The molecule has 58 valence electrons. The molecule has 0 aromatic rings. The minimum atomic E-state index is -0.190. The first-order valence-electron chi connectivity index (χ1n) is 3.59. The van der Waals surface area contributed by atoms with Gasteiger partial charge in [-0.15, -0.1) is 0 Å². The summed E-state index contributed by atoms with van der Waals surface area (Å²) < 4.78 is 0. The van der Waals surface area contributed by atoms with Crippen molar-refractivity contribution in [1.82, 2.24) is 0 Å². The third-order valence-corrected chi connectivity index (χ3v) is 1.80. The van der Waals surface area contributed by atoms with Crippen LogP contribution >= 0.6 is 0 Å². The van der Waals surface area contributed by atoms with Crippen LogP contribution in [0.3, 0.4) is 0 Å². The van der Waals surface area contributed by atoms with Crippen LogP contribution in [-0.4, -0.2) is 18.5 Å². The number of Topliss-reactive ketones (excluding diaryl/α,β-unsaturated/α-hetero) is 1. The Morgan fingerprint density at radius 2 is 2.20 bits per heavy atom. The number of hydrogen-bond acceptors (Lipinski definition) is 2. The Morgan fingerprint density at radius 1 is 1.70 bits per heavy atom. The highest BCUT2D eigenvalue weighted by Gasteiger charge is 2.17. The van der Waals surface area contributed by atoms with Crippen molar-refractivity contribution in [3.05, 3.63) is 0 Å². The number of hydrogen-bond donors (Lipinski definition) is 0. The van der Waals surface area contributed by atoms with E-state index in [4.69, 9.17) is 0 Å². The molecule has 0 fully saturated rings. The molecule has 10 heavy (non-hydrogen) atoms. The molecular weight excluding hydrogens is 126 g/mol. The second-order valence-electron chi connectivity index (χ2n) is 2.62. The van der Waals surface area contributed by atoms with Crippen molar-refractivity contribution in [3.63, 3.8) is 0 Å². The molecule has 0 saturated carbocycles. The highest BCUT2D eigenvalue weighted by Crippen LogP contribution is 2.11. The van der Waals surface area contributed by atoms with Crippen LogP contribution in [0.15, 0.2) is 4.99 Å². The van der Waals surface area contributed by atoms with Crippen LogP contribution in [0.5, 0.6) is 0 Å². The maximum Gasteiger partial charge on any atom is 0.154 e. The van der Waals surface area contributed by atoms with Gasteiger partial charge in [0.25, 0.3) is 0 Å². The zero-order valence-electron chi connectivity index (χ0n) is 6.92. The van der Waals surface area contributed by atoms with Gasteiger partial charge in [0.1, 0.15) is 6.04 Å². The van der Waals surface area contributed by atoms with Crippen LogP contribution in [0.2, 0.25) is 0 Å². The second-order valence-corrected chi connectivity index (χ2v) is 2.62. The number of ketones is 1. The lowest BCUT2D eigenvalue weighted by Crippen LogP contribution is -2.22. The molecule has 1 unspecified atom stereocenters. The molecule has 0 N–H and O–H groups in total. The molecule has 0 aliphatic heterocycles. The van der Waals surface area contributed by atoms with Gasteiger partial charge in [0.15, 0.2) is 5.78 Å². The summed E-state index contributed by atoms with van der Waals surface area (Å²) in [6.45, 7) is 9.00. The van der Waals surface area contributed by atoms with Gasteiger partial charge in [0, 0.05) is 0 Å². The maximum atomic E-state index is 10.8. The summed E-state index contributed by atoms with van der Waals surface area (Å²) in [6, 6.07) is -0.190. The quantitative estimate of drug-likeness (QED) is 0.548. The fourth-order valence-corrected chi connectivity index (χ4v) is 0.932. The Labute approximate surface area is 62.4 Å². The van der Waals surface area contributed by atoms with Crippen LogP contribution in [0.25, 0.3) is 0 Å². The summed E-state index contributed by atoms with van der Waals surface area (Å²) in [5, 5.41) is 0. The van der Waals surface area contributed by atoms with E-state index in [2.05, 4.69) is 11.7 Å². The number of carbonyl (C=O) groups is 1. The van der Waals surface area contributed by atoms with Gasteiger partial charge in [0.05, 0.1) is 0 Å². The summed E-state index contributed by atoms with van der Waals surface area (Å²) in [6.07, 6.45) is 0.975. The molecule has 0 aromatic carbocycles. The topological polar surface area (TPSA) is 29.4 Å². The lowest BCUT2D eigenvalue weighted by molar-refractivity contribution is -0.119. The molecule has 0 heterocycles. The Balaban J connectivity index is 4.05. The first kappa shape index (κ1) is 9.34. The van der Waals surface area contributed by atoms with Gasteiger partial charge in [-0.3, -0.25) is 9.79 Å². The Bertz CT molecular complexity index is 131.